The van der Waals surface area contributed by atoms with Crippen molar-refractivity contribution in [2.45, 2.75) is 27.7 Å². The predicted molar refractivity (Wildman–Crippen MR) is 118 cm³/mol. The van der Waals surface area contributed by atoms with Gasteiger partial charge in [-0.15, -0.1) is 29.0 Å². The fraction of sp³-hybridized carbons (Fsp3) is 0.174. The molecule has 0 aliphatic rings. The Hall–Kier alpha value is -0.917. The van der Waals surface area contributed by atoms with Crippen LogP contribution in [0.5, 0.6) is 0 Å². The van der Waals surface area contributed by atoms with Gasteiger partial charge in [-0.3, -0.25) is 0 Å². The first-order chi connectivity index (χ1) is 13.3. The molecule has 4 rings (SSSR count). The summed E-state index contributed by atoms with van der Waals surface area (Å²) < 4.78 is 5.81. The predicted octanol–water partition coefficient (Wildman–Crippen LogP) is 8.75. The summed E-state index contributed by atoms with van der Waals surface area (Å²) in [6.45, 7) is 8.27. The zero-order valence-corrected chi connectivity index (χ0v) is 20.9. The first kappa shape index (κ1) is 21.8. The Morgan fingerprint density at radius 3 is 2.07 bits per heavy atom. The molecule has 0 unspecified atom stereocenters. The van der Waals surface area contributed by atoms with E-state index in [2.05, 4.69) is 57.2 Å². The second-order valence-electron chi connectivity index (χ2n) is 6.91. The molecule has 0 N–H and O–H groups in total. The summed E-state index contributed by atoms with van der Waals surface area (Å²) in [5, 5.41) is 3.34. The third-order valence-electron chi connectivity index (χ3n) is 4.85. The monoisotopic (exact) mass is 507 g/mol. The molecular weight excluding hydrogens is 490 g/mol. The van der Waals surface area contributed by atoms with Gasteiger partial charge in [0.1, 0.15) is 0 Å². The van der Waals surface area contributed by atoms with Crippen LogP contribution < -0.4 is 0 Å². The minimum absolute atomic E-state index is 0.826. The molecule has 0 bridgehead atoms. The van der Waals surface area contributed by atoms with E-state index in [1.54, 1.807) is 0 Å². The topological polar surface area (TPSA) is 13.1 Å². The molecule has 1 nitrogen and oxygen atoms in total. The molecule has 0 aliphatic carbocycles. The molecule has 28 heavy (non-hydrogen) atoms. The maximum absolute atomic E-state index is 6.37. The molecule has 0 atom stereocenters. The van der Waals surface area contributed by atoms with Crippen molar-refractivity contribution in [1.29, 1.82) is 0 Å². The fourth-order valence-corrected chi connectivity index (χ4v) is 3.71. The van der Waals surface area contributed by atoms with Gasteiger partial charge in [0.15, 0.2) is 0 Å². The fourth-order valence-electron chi connectivity index (χ4n) is 3.60. The van der Waals surface area contributed by atoms with E-state index in [1.165, 1.54) is 27.5 Å². The van der Waals surface area contributed by atoms with E-state index < -0.39 is 20.8 Å². The molecule has 0 aliphatic heterocycles. The van der Waals surface area contributed by atoms with Crippen molar-refractivity contribution in [2.75, 3.05) is 0 Å². The SMILES string of the molecule is Cc1ccc(-c2cc3c(-c4cc(C)c(Cl)c(C)c4)c(C)ccc3[cH-]2)o1.[Cl][Zr][Cl]. The molecule has 0 radical (unpaired) electrons. The second-order valence-corrected chi connectivity index (χ2v) is 11.0. The molecule has 0 fully saturated rings. The van der Waals surface area contributed by atoms with Gasteiger partial charge >= 0.3 is 37.9 Å². The van der Waals surface area contributed by atoms with E-state index in [-0.39, 0.29) is 0 Å². The first-order valence-corrected chi connectivity index (χ1v) is 15.6. The standard InChI is InChI=1S/C23H20ClO.2ClH.Zr/c1-13-5-7-17-11-18(21-8-6-16(4)25-21)12-20(17)22(13)19-9-14(2)23(24)15(3)10-19;;;/h5-12H,1-4H3;2*1H;/q-1;;;+2/p-2. The van der Waals surface area contributed by atoms with Gasteiger partial charge in [-0.05, 0) is 62.1 Å². The maximum atomic E-state index is 6.37. The van der Waals surface area contributed by atoms with Crippen LogP contribution in [-0.2, 0) is 20.8 Å². The summed E-state index contributed by atoms with van der Waals surface area (Å²) >= 11 is 5.54. The van der Waals surface area contributed by atoms with E-state index in [0.29, 0.717) is 0 Å². The molecule has 144 valence electrons. The van der Waals surface area contributed by atoms with Gasteiger partial charge in [-0.25, -0.2) is 0 Å². The van der Waals surface area contributed by atoms with Crippen molar-refractivity contribution in [3.63, 3.8) is 0 Å². The van der Waals surface area contributed by atoms with Crippen LogP contribution in [0.15, 0.2) is 52.9 Å². The number of fused-ring (bicyclic) bond motifs is 1. The number of benzene rings is 2. The van der Waals surface area contributed by atoms with Crippen molar-refractivity contribution in [2.24, 2.45) is 0 Å². The molecule has 1 aromatic heterocycles. The van der Waals surface area contributed by atoms with Crippen LogP contribution in [0, 0.1) is 27.7 Å². The average molecular weight is 510 g/mol. The molecule has 1 heterocycles. The Kier molecular flexibility index (Phi) is 7.21. The van der Waals surface area contributed by atoms with Gasteiger partial charge in [0, 0.05) is 5.02 Å². The van der Waals surface area contributed by atoms with Crippen molar-refractivity contribution in [3.05, 3.63) is 76.0 Å². The minimum atomic E-state index is -0.826. The Balaban J connectivity index is 0.000000706. The second kappa shape index (κ2) is 9.27. The van der Waals surface area contributed by atoms with E-state index in [4.69, 9.17) is 33.0 Å². The molecule has 0 spiro atoms. The molecular formula is C23H20Cl3OZr-. The van der Waals surface area contributed by atoms with Gasteiger partial charge in [0.2, 0.25) is 0 Å². The normalized spacial score (nSPS) is 10.7. The summed E-state index contributed by atoms with van der Waals surface area (Å²) in [4.78, 5) is 0. The van der Waals surface area contributed by atoms with Gasteiger partial charge in [0.25, 0.3) is 0 Å². The van der Waals surface area contributed by atoms with Crippen LogP contribution >= 0.6 is 28.6 Å². The summed E-state index contributed by atoms with van der Waals surface area (Å²) in [5.41, 5.74) is 7.10. The number of rotatable bonds is 2. The third-order valence-corrected chi connectivity index (χ3v) is 5.44. The number of aryl methyl sites for hydroxylation is 4. The Morgan fingerprint density at radius 2 is 1.50 bits per heavy atom. The average Bonchev–Trinajstić information content (AvgIpc) is 3.26. The van der Waals surface area contributed by atoms with Crippen LogP contribution in [0.3, 0.4) is 0 Å². The third kappa shape index (κ3) is 4.46. The summed E-state index contributed by atoms with van der Waals surface area (Å²) in [6.07, 6.45) is 0. The zero-order valence-electron chi connectivity index (χ0n) is 16.2. The van der Waals surface area contributed by atoms with E-state index >= 15 is 0 Å². The van der Waals surface area contributed by atoms with Gasteiger partial charge in [-0.2, -0.15) is 0 Å². The van der Waals surface area contributed by atoms with Gasteiger partial charge < -0.3 is 4.42 Å². The van der Waals surface area contributed by atoms with Crippen LogP contribution in [-0.4, -0.2) is 0 Å². The first-order valence-electron chi connectivity index (χ1n) is 8.86. The molecule has 0 saturated carbocycles. The zero-order chi connectivity index (χ0) is 20.4. The van der Waals surface area contributed by atoms with Crippen LogP contribution in [0.25, 0.3) is 33.2 Å². The molecule has 4 aromatic rings. The molecule has 0 saturated heterocycles. The van der Waals surface area contributed by atoms with E-state index in [1.807, 2.05) is 19.1 Å². The Morgan fingerprint density at radius 1 is 0.857 bits per heavy atom. The van der Waals surface area contributed by atoms with Crippen molar-refractivity contribution in [1.82, 2.24) is 0 Å². The van der Waals surface area contributed by atoms with Crippen molar-refractivity contribution in [3.8, 4) is 22.5 Å². The quantitative estimate of drug-likeness (QED) is 0.246. The van der Waals surface area contributed by atoms with Gasteiger partial charge in [0.05, 0.1) is 11.5 Å². The summed E-state index contributed by atoms with van der Waals surface area (Å²) in [7, 11) is 9.87. The van der Waals surface area contributed by atoms with Crippen molar-refractivity contribution < 1.29 is 25.3 Å². The summed E-state index contributed by atoms with van der Waals surface area (Å²) in [5.74, 6) is 1.85. The van der Waals surface area contributed by atoms with Crippen LogP contribution in [0.4, 0.5) is 0 Å². The number of furan rings is 1. The Labute approximate surface area is 189 Å². The van der Waals surface area contributed by atoms with Gasteiger partial charge in [-0.1, -0.05) is 40.9 Å². The van der Waals surface area contributed by atoms with E-state index in [0.717, 1.165) is 33.2 Å². The van der Waals surface area contributed by atoms with Crippen LogP contribution in [0.1, 0.15) is 22.5 Å². The van der Waals surface area contributed by atoms with Crippen molar-refractivity contribution >= 4 is 39.4 Å². The number of hydrogen-bond acceptors (Lipinski definition) is 1. The molecule has 0 amide bonds. The van der Waals surface area contributed by atoms with Crippen LogP contribution in [0.2, 0.25) is 5.02 Å². The number of halogens is 3. The summed E-state index contributed by atoms with van der Waals surface area (Å²) in [6, 6.07) is 17.2. The Bertz CT molecular complexity index is 1100. The molecule has 3 aromatic carbocycles. The number of hydrogen-bond donors (Lipinski definition) is 0. The van der Waals surface area contributed by atoms with E-state index in [9.17, 15) is 0 Å². The molecule has 5 heteroatoms.